The highest BCUT2D eigenvalue weighted by atomic mass is 16.6. The fourth-order valence-corrected chi connectivity index (χ4v) is 3.02. The smallest absolute Gasteiger partial charge is 0.274 e. The molecule has 0 aromatic heterocycles. The quantitative estimate of drug-likeness (QED) is 0.629. The summed E-state index contributed by atoms with van der Waals surface area (Å²) in [5.41, 5.74) is 1.19. The van der Waals surface area contributed by atoms with Crippen LogP contribution in [-0.2, 0) is 16.8 Å². The van der Waals surface area contributed by atoms with E-state index in [0.29, 0.717) is 5.56 Å². The summed E-state index contributed by atoms with van der Waals surface area (Å²) in [6.45, 7) is 0.241. The zero-order chi connectivity index (χ0) is 16.4. The molecule has 0 aliphatic heterocycles. The summed E-state index contributed by atoms with van der Waals surface area (Å²) in [6.07, 6.45) is 1.66. The van der Waals surface area contributed by atoms with Crippen LogP contribution in [0.4, 0.5) is 5.69 Å². The lowest BCUT2D eigenvalue weighted by Gasteiger charge is -2.24. The van der Waals surface area contributed by atoms with Crippen molar-refractivity contribution < 1.29 is 9.72 Å². The maximum absolute atomic E-state index is 12.9. The van der Waals surface area contributed by atoms with Crippen LogP contribution in [0, 0.1) is 10.1 Å². The minimum atomic E-state index is -0.445. The van der Waals surface area contributed by atoms with E-state index < -0.39 is 10.3 Å². The Kier molecular flexibility index (Phi) is 3.86. The fraction of sp³-hybridized carbons (Fsp3) is 0.278. The molecule has 0 N–H and O–H groups in total. The van der Waals surface area contributed by atoms with E-state index in [0.717, 1.165) is 18.4 Å². The van der Waals surface area contributed by atoms with Crippen LogP contribution < -0.4 is 0 Å². The number of amides is 1. The molecule has 1 fully saturated rings. The number of likely N-dealkylation sites (N-methyl/N-ethyl adjacent to an activating group) is 1. The molecule has 3 rings (SSSR count). The molecular weight excluding hydrogens is 292 g/mol. The van der Waals surface area contributed by atoms with Gasteiger partial charge in [-0.1, -0.05) is 48.5 Å². The molecule has 0 atom stereocenters. The van der Waals surface area contributed by atoms with Gasteiger partial charge < -0.3 is 4.90 Å². The Balaban J connectivity index is 1.81. The molecule has 1 amide bonds. The number of para-hydroxylation sites is 1. The summed E-state index contributed by atoms with van der Waals surface area (Å²) < 4.78 is 0. The van der Waals surface area contributed by atoms with Crippen molar-refractivity contribution in [2.45, 2.75) is 24.8 Å². The summed E-state index contributed by atoms with van der Waals surface area (Å²) in [5.74, 6) is 0.0295. The molecule has 5 heteroatoms. The van der Waals surface area contributed by atoms with E-state index in [-0.39, 0.29) is 18.1 Å². The first-order chi connectivity index (χ1) is 11.0. The second kappa shape index (κ2) is 5.83. The lowest BCUT2D eigenvalue weighted by Crippen LogP contribution is -2.36. The largest absolute Gasteiger partial charge is 0.340 e. The van der Waals surface area contributed by atoms with Crippen molar-refractivity contribution in [3.05, 3.63) is 75.8 Å². The van der Waals surface area contributed by atoms with Crippen LogP contribution in [-0.4, -0.2) is 22.8 Å². The molecule has 0 bridgehead atoms. The molecule has 2 aromatic carbocycles. The summed E-state index contributed by atoms with van der Waals surface area (Å²) in [5, 5.41) is 11.1. The molecule has 5 nitrogen and oxygen atoms in total. The molecule has 1 aliphatic carbocycles. The zero-order valence-corrected chi connectivity index (χ0v) is 12.9. The Bertz CT molecular complexity index is 739. The first-order valence-corrected chi connectivity index (χ1v) is 7.58. The molecule has 1 saturated carbocycles. The Morgan fingerprint density at radius 2 is 1.74 bits per heavy atom. The maximum atomic E-state index is 12.9. The van der Waals surface area contributed by atoms with Crippen molar-refractivity contribution in [2.24, 2.45) is 0 Å². The van der Waals surface area contributed by atoms with E-state index >= 15 is 0 Å². The average Bonchev–Trinajstić information content (AvgIpc) is 3.37. The van der Waals surface area contributed by atoms with Crippen molar-refractivity contribution in [1.29, 1.82) is 0 Å². The highest BCUT2D eigenvalue weighted by molar-refractivity contribution is 5.91. The van der Waals surface area contributed by atoms with Crippen molar-refractivity contribution in [2.75, 3.05) is 7.05 Å². The molecule has 23 heavy (non-hydrogen) atoms. The van der Waals surface area contributed by atoms with Crippen LogP contribution in [0.1, 0.15) is 24.0 Å². The number of rotatable bonds is 5. The van der Waals surface area contributed by atoms with E-state index in [1.54, 1.807) is 30.1 Å². The van der Waals surface area contributed by atoms with Crippen molar-refractivity contribution in [3.8, 4) is 0 Å². The van der Waals surface area contributed by atoms with E-state index in [4.69, 9.17) is 0 Å². The van der Waals surface area contributed by atoms with E-state index in [2.05, 4.69) is 0 Å². The first kappa shape index (κ1) is 15.2. The molecule has 0 spiro atoms. The predicted octanol–water partition coefficient (Wildman–Crippen LogP) is 3.29. The number of nitrogens with zero attached hydrogens (tertiary/aromatic N) is 2. The van der Waals surface area contributed by atoms with Gasteiger partial charge in [0, 0.05) is 18.7 Å². The number of nitro groups is 1. The normalized spacial score (nSPS) is 15.0. The molecule has 0 saturated heterocycles. The average molecular weight is 310 g/mol. The maximum Gasteiger partial charge on any atom is 0.274 e. The van der Waals surface area contributed by atoms with Gasteiger partial charge in [0.15, 0.2) is 0 Å². The standard InChI is InChI=1S/C18H18N2O3/c1-19(13-14-7-5-6-10-16(14)20(22)23)17(21)18(11-12-18)15-8-3-2-4-9-15/h2-10H,11-13H2,1H3. The molecule has 2 aromatic rings. The minimum absolute atomic E-state index is 0.0295. The third kappa shape index (κ3) is 2.82. The van der Waals surface area contributed by atoms with Gasteiger partial charge in [-0.25, -0.2) is 0 Å². The van der Waals surface area contributed by atoms with Crippen LogP contribution >= 0.6 is 0 Å². The van der Waals surface area contributed by atoms with Gasteiger partial charge in [0.05, 0.1) is 16.9 Å². The predicted molar refractivity (Wildman–Crippen MR) is 86.9 cm³/mol. The van der Waals surface area contributed by atoms with Crippen LogP contribution in [0.5, 0.6) is 0 Å². The number of hydrogen-bond donors (Lipinski definition) is 0. The lowest BCUT2D eigenvalue weighted by molar-refractivity contribution is -0.385. The number of carbonyl (C=O) groups is 1. The second-order valence-electron chi connectivity index (χ2n) is 6.00. The van der Waals surface area contributed by atoms with Gasteiger partial charge in [-0.3, -0.25) is 14.9 Å². The highest BCUT2D eigenvalue weighted by Crippen LogP contribution is 2.49. The van der Waals surface area contributed by atoms with Crippen LogP contribution in [0.2, 0.25) is 0 Å². The third-order valence-corrected chi connectivity index (χ3v) is 4.43. The number of benzene rings is 2. The van der Waals surface area contributed by atoms with Gasteiger partial charge in [0.25, 0.3) is 5.69 Å². The summed E-state index contributed by atoms with van der Waals surface area (Å²) in [4.78, 5) is 25.2. The van der Waals surface area contributed by atoms with E-state index in [1.165, 1.54) is 6.07 Å². The molecular formula is C18H18N2O3. The molecule has 1 aliphatic rings. The summed E-state index contributed by atoms with van der Waals surface area (Å²) >= 11 is 0. The van der Waals surface area contributed by atoms with Crippen LogP contribution in [0.15, 0.2) is 54.6 Å². The molecule has 118 valence electrons. The van der Waals surface area contributed by atoms with Gasteiger partial charge in [-0.2, -0.15) is 0 Å². The van der Waals surface area contributed by atoms with Gasteiger partial charge >= 0.3 is 0 Å². The Labute approximate surface area is 134 Å². The van der Waals surface area contributed by atoms with Crippen LogP contribution in [0.25, 0.3) is 0 Å². The van der Waals surface area contributed by atoms with Gasteiger partial charge in [-0.05, 0) is 18.4 Å². The minimum Gasteiger partial charge on any atom is -0.340 e. The highest BCUT2D eigenvalue weighted by Gasteiger charge is 2.52. The number of nitro benzene ring substituents is 1. The fourth-order valence-electron chi connectivity index (χ4n) is 3.02. The van der Waals surface area contributed by atoms with Crippen LogP contribution in [0.3, 0.4) is 0 Å². The number of carbonyl (C=O) groups excluding carboxylic acids is 1. The van der Waals surface area contributed by atoms with Crippen molar-refractivity contribution >= 4 is 11.6 Å². The van der Waals surface area contributed by atoms with E-state index in [9.17, 15) is 14.9 Å². The lowest BCUT2D eigenvalue weighted by atomic mass is 9.94. The topological polar surface area (TPSA) is 63.4 Å². The first-order valence-electron chi connectivity index (χ1n) is 7.58. The van der Waals surface area contributed by atoms with Gasteiger partial charge in [0.1, 0.15) is 0 Å². The van der Waals surface area contributed by atoms with Gasteiger partial charge in [0.2, 0.25) is 5.91 Å². The Hall–Kier alpha value is -2.69. The third-order valence-electron chi connectivity index (χ3n) is 4.43. The number of hydrogen-bond acceptors (Lipinski definition) is 3. The Morgan fingerprint density at radius 3 is 2.35 bits per heavy atom. The summed E-state index contributed by atoms with van der Waals surface area (Å²) in [6, 6.07) is 16.3. The summed E-state index contributed by atoms with van der Waals surface area (Å²) in [7, 11) is 1.71. The van der Waals surface area contributed by atoms with Crippen molar-refractivity contribution in [3.63, 3.8) is 0 Å². The zero-order valence-electron chi connectivity index (χ0n) is 12.9. The van der Waals surface area contributed by atoms with Gasteiger partial charge in [-0.15, -0.1) is 0 Å². The monoisotopic (exact) mass is 310 g/mol. The Morgan fingerprint density at radius 1 is 1.13 bits per heavy atom. The molecule has 0 heterocycles. The second-order valence-corrected chi connectivity index (χ2v) is 6.00. The molecule has 0 unspecified atom stereocenters. The molecule has 0 radical (unpaired) electrons. The van der Waals surface area contributed by atoms with Crippen molar-refractivity contribution in [1.82, 2.24) is 4.90 Å². The SMILES string of the molecule is CN(Cc1ccccc1[N+](=O)[O-])C(=O)C1(c2ccccc2)CC1. The van der Waals surface area contributed by atoms with E-state index in [1.807, 2.05) is 30.3 Å².